The van der Waals surface area contributed by atoms with Crippen molar-refractivity contribution in [2.45, 2.75) is 238 Å². The highest BCUT2D eigenvalue weighted by atomic mass is 16.6. The van der Waals surface area contributed by atoms with E-state index in [-0.39, 0.29) is 25.2 Å². The maximum absolute atomic E-state index is 12.2. The highest BCUT2D eigenvalue weighted by Crippen LogP contribution is 2.15. The number of ether oxygens (including phenoxy) is 2. The summed E-state index contributed by atoms with van der Waals surface area (Å²) >= 11 is 0. The molecule has 0 saturated heterocycles. The van der Waals surface area contributed by atoms with Crippen LogP contribution >= 0.6 is 0 Å². The molecule has 0 aliphatic carbocycles. The van der Waals surface area contributed by atoms with Gasteiger partial charge < -0.3 is 14.6 Å². The van der Waals surface area contributed by atoms with Crippen LogP contribution in [0, 0.1) is 0 Å². The fraction of sp³-hybridized carbons (Fsp3) is 0.830. The van der Waals surface area contributed by atoms with E-state index < -0.39 is 6.10 Å². The Bertz CT molecular complexity index is 832. The van der Waals surface area contributed by atoms with Gasteiger partial charge in [0.05, 0.1) is 6.61 Å². The highest BCUT2D eigenvalue weighted by Gasteiger charge is 2.16. The Balaban J connectivity index is 3.45. The molecular formula is C47H86O5. The second kappa shape index (κ2) is 43.5. The number of unbranched alkanes of at least 4 members (excludes halogenated alkanes) is 27. The molecule has 0 aliphatic heterocycles. The topological polar surface area (TPSA) is 72.8 Å². The number of hydrogen-bond acceptors (Lipinski definition) is 5. The van der Waals surface area contributed by atoms with E-state index >= 15 is 0 Å². The fourth-order valence-electron chi connectivity index (χ4n) is 6.50. The lowest BCUT2D eigenvalue weighted by Gasteiger charge is -2.15. The van der Waals surface area contributed by atoms with Crippen LogP contribution in [0.15, 0.2) is 36.5 Å². The minimum absolute atomic E-state index is 0.0626. The molecule has 1 atom stereocenters. The summed E-state index contributed by atoms with van der Waals surface area (Å²) in [5, 5.41) is 9.55. The number of hydrogen-bond donors (Lipinski definition) is 1. The van der Waals surface area contributed by atoms with E-state index in [0.29, 0.717) is 12.8 Å². The lowest BCUT2D eigenvalue weighted by atomic mass is 10.0. The van der Waals surface area contributed by atoms with Crippen molar-refractivity contribution in [1.82, 2.24) is 0 Å². The van der Waals surface area contributed by atoms with Crippen LogP contribution in [0.25, 0.3) is 0 Å². The molecule has 0 aromatic rings. The van der Waals surface area contributed by atoms with E-state index in [9.17, 15) is 14.7 Å². The van der Waals surface area contributed by atoms with Crippen molar-refractivity contribution in [2.75, 3.05) is 13.2 Å². The number of carbonyl (C=O) groups excluding carboxylic acids is 2. The molecule has 5 nitrogen and oxygen atoms in total. The predicted octanol–water partition coefficient (Wildman–Crippen LogP) is 14.4. The second-order valence-electron chi connectivity index (χ2n) is 15.1. The lowest BCUT2D eigenvalue weighted by molar-refractivity contribution is -0.161. The first-order chi connectivity index (χ1) is 25.6. The van der Waals surface area contributed by atoms with Crippen LogP contribution in [0.2, 0.25) is 0 Å². The van der Waals surface area contributed by atoms with Gasteiger partial charge in [-0.25, -0.2) is 0 Å². The molecule has 0 saturated carbocycles. The molecule has 5 heteroatoms. The van der Waals surface area contributed by atoms with Gasteiger partial charge in [-0.1, -0.05) is 204 Å². The zero-order valence-electron chi connectivity index (χ0n) is 34.6. The van der Waals surface area contributed by atoms with Crippen LogP contribution in [0.3, 0.4) is 0 Å². The number of rotatable bonds is 41. The Morgan fingerprint density at radius 1 is 0.442 bits per heavy atom. The van der Waals surface area contributed by atoms with E-state index in [2.05, 4.69) is 50.3 Å². The normalized spacial score (nSPS) is 12.4. The largest absolute Gasteiger partial charge is 0.462 e. The molecule has 0 radical (unpaired) electrons. The maximum atomic E-state index is 12.2. The smallest absolute Gasteiger partial charge is 0.306 e. The monoisotopic (exact) mass is 731 g/mol. The maximum Gasteiger partial charge on any atom is 0.306 e. The average molecular weight is 731 g/mol. The summed E-state index contributed by atoms with van der Waals surface area (Å²) in [6.07, 6.45) is 53.8. The molecule has 52 heavy (non-hydrogen) atoms. The summed E-state index contributed by atoms with van der Waals surface area (Å²) in [4.78, 5) is 24.2. The number of allylic oxidation sites excluding steroid dienone is 6. The quantitative estimate of drug-likeness (QED) is 0.0385. The number of aliphatic hydroxyl groups is 1. The van der Waals surface area contributed by atoms with E-state index in [4.69, 9.17) is 9.47 Å². The summed E-state index contributed by atoms with van der Waals surface area (Å²) in [6, 6.07) is 0. The Kier molecular flexibility index (Phi) is 42.0. The third kappa shape index (κ3) is 40.9. The molecule has 0 aromatic carbocycles. The summed E-state index contributed by atoms with van der Waals surface area (Å²) < 4.78 is 10.6. The molecule has 0 aromatic heterocycles. The van der Waals surface area contributed by atoms with Crippen molar-refractivity contribution in [3.63, 3.8) is 0 Å². The average Bonchev–Trinajstić information content (AvgIpc) is 3.15. The minimum atomic E-state index is -0.767. The van der Waals surface area contributed by atoms with Crippen molar-refractivity contribution in [1.29, 1.82) is 0 Å². The first-order valence-electron chi connectivity index (χ1n) is 22.5. The third-order valence-corrected chi connectivity index (χ3v) is 9.94. The van der Waals surface area contributed by atoms with E-state index in [1.54, 1.807) is 0 Å². The van der Waals surface area contributed by atoms with Crippen LogP contribution in [-0.4, -0.2) is 36.4 Å². The van der Waals surface area contributed by atoms with Gasteiger partial charge in [0.1, 0.15) is 6.61 Å². The van der Waals surface area contributed by atoms with Crippen molar-refractivity contribution >= 4 is 11.9 Å². The molecule has 0 amide bonds. The summed E-state index contributed by atoms with van der Waals surface area (Å²) in [5.74, 6) is -0.588. The molecule has 0 fully saturated rings. The Hall–Kier alpha value is -1.88. The van der Waals surface area contributed by atoms with Gasteiger partial charge in [-0.3, -0.25) is 9.59 Å². The molecular weight excluding hydrogens is 645 g/mol. The van der Waals surface area contributed by atoms with Gasteiger partial charge in [0.25, 0.3) is 0 Å². The van der Waals surface area contributed by atoms with Crippen molar-refractivity contribution < 1.29 is 24.2 Å². The van der Waals surface area contributed by atoms with Gasteiger partial charge in [-0.05, 0) is 51.4 Å². The van der Waals surface area contributed by atoms with E-state index in [0.717, 1.165) is 51.4 Å². The van der Waals surface area contributed by atoms with Crippen molar-refractivity contribution in [3.05, 3.63) is 36.5 Å². The van der Waals surface area contributed by atoms with Gasteiger partial charge in [0, 0.05) is 12.8 Å². The number of esters is 2. The molecule has 304 valence electrons. The van der Waals surface area contributed by atoms with Crippen molar-refractivity contribution in [2.24, 2.45) is 0 Å². The van der Waals surface area contributed by atoms with Crippen LogP contribution in [0.5, 0.6) is 0 Å². The van der Waals surface area contributed by atoms with E-state index in [1.807, 2.05) is 0 Å². The zero-order valence-corrected chi connectivity index (χ0v) is 34.6. The minimum Gasteiger partial charge on any atom is -0.462 e. The van der Waals surface area contributed by atoms with Crippen LogP contribution in [0.4, 0.5) is 0 Å². The molecule has 0 rings (SSSR count). The summed E-state index contributed by atoms with van der Waals surface area (Å²) in [5.41, 5.74) is 0. The fourth-order valence-corrected chi connectivity index (χ4v) is 6.50. The number of aliphatic hydroxyl groups excluding tert-OH is 1. The lowest BCUT2D eigenvalue weighted by Crippen LogP contribution is -2.28. The SMILES string of the molecule is CCCCCCC/C=C\C/C=C\C/C=C\CCCCCCCCCCCCCCCCC(=O)OC(CO)COC(=O)CCCCCCCCCCC. The molecule has 0 bridgehead atoms. The summed E-state index contributed by atoms with van der Waals surface area (Å²) in [7, 11) is 0. The Labute approximate surface area is 323 Å². The summed E-state index contributed by atoms with van der Waals surface area (Å²) in [6.45, 7) is 4.11. The standard InChI is InChI=1S/C47H86O5/c1-3-5-7-9-11-13-14-15-16-17-18-19-20-21-22-23-24-25-26-27-28-29-30-31-32-34-36-38-40-42-47(50)52-45(43-48)44-51-46(49)41-39-37-35-33-12-10-8-6-4-2/h14-15,17-18,20-21,45,48H,3-13,16,19,22-44H2,1-2H3/b15-14-,18-17-,21-20-. The molecule has 0 spiro atoms. The molecule has 0 heterocycles. The van der Waals surface area contributed by atoms with Crippen LogP contribution in [-0.2, 0) is 19.1 Å². The zero-order chi connectivity index (χ0) is 37.8. The molecule has 1 unspecified atom stereocenters. The van der Waals surface area contributed by atoms with Gasteiger partial charge in [0.2, 0.25) is 0 Å². The first-order valence-corrected chi connectivity index (χ1v) is 22.5. The number of carbonyl (C=O) groups is 2. The molecule has 1 N–H and O–H groups in total. The van der Waals surface area contributed by atoms with Crippen LogP contribution < -0.4 is 0 Å². The molecule has 0 aliphatic rings. The van der Waals surface area contributed by atoms with Gasteiger partial charge in [0.15, 0.2) is 6.10 Å². The Morgan fingerprint density at radius 2 is 0.769 bits per heavy atom. The second-order valence-corrected chi connectivity index (χ2v) is 15.1. The van der Waals surface area contributed by atoms with Gasteiger partial charge in [-0.2, -0.15) is 0 Å². The van der Waals surface area contributed by atoms with Gasteiger partial charge >= 0.3 is 11.9 Å². The van der Waals surface area contributed by atoms with Gasteiger partial charge in [-0.15, -0.1) is 0 Å². The first kappa shape index (κ1) is 50.1. The van der Waals surface area contributed by atoms with Crippen LogP contribution in [0.1, 0.15) is 232 Å². The highest BCUT2D eigenvalue weighted by molar-refractivity contribution is 5.70. The van der Waals surface area contributed by atoms with E-state index in [1.165, 1.54) is 154 Å². The third-order valence-electron chi connectivity index (χ3n) is 9.94. The Morgan fingerprint density at radius 3 is 1.15 bits per heavy atom. The predicted molar refractivity (Wildman–Crippen MR) is 224 cm³/mol. The van der Waals surface area contributed by atoms with Crippen molar-refractivity contribution in [3.8, 4) is 0 Å².